The second kappa shape index (κ2) is 13.0. The highest BCUT2D eigenvalue weighted by molar-refractivity contribution is 5.24. The fraction of sp³-hybridized carbons (Fsp3) is 0.550. The van der Waals surface area contributed by atoms with Crippen LogP contribution in [0.5, 0.6) is 0 Å². The van der Waals surface area contributed by atoms with Gasteiger partial charge in [-0.3, -0.25) is 0 Å². The molecule has 0 rings (SSSR count). The van der Waals surface area contributed by atoms with E-state index in [1.807, 2.05) is 0 Å². The summed E-state index contributed by atoms with van der Waals surface area (Å²) in [6, 6.07) is 0. The maximum atomic E-state index is 2.33. The van der Waals surface area contributed by atoms with Gasteiger partial charge >= 0.3 is 0 Å². The van der Waals surface area contributed by atoms with E-state index in [1.54, 1.807) is 0 Å². The summed E-state index contributed by atoms with van der Waals surface area (Å²) in [7, 11) is 0. The first-order valence-electron chi connectivity index (χ1n) is 7.97. The Morgan fingerprint density at radius 3 is 1.55 bits per heavy atom. The normalized spacial score (nSPS) is 14.1. The average molecular weight is 273 g/mol. The Bertz CT molecular complexity index is 337. The van der Waals surface area contributed by atoms with E-state index >= 15 is 0 Å². The quantitative estimate of drug-likeness (QED) is 0.298. The molecular formula is C20H33. The highest BCUT2D eigenvalue weighted by atomic mass is 14.1. The molecule has 0 aliphatic carbocycles. The first kappa shape index (κ1) is 19.0. The summed E-state index contributed by atoms with van der Waals surface area (Å²) in [6.45, 7) is 10.9. The van der Waals surface area contributed by atoms with Crippen LogP contribution in [0.3, 0.4) is 0 Å². The van der Waals surface area contributed by atoms with Gasteiger partial charge in [0.1, 0.15) is 0 Å². The van der Waals surface area contributed by atoms with Crippen molar-refractivity contribution >= 4 is 0 Å². The Morgan fingerprint density at radius 2 is 1.10 bits per heavy atom. The summed E-state index contributed by atoms with van der Waals surface area (Å²) in [5.74, 6) is 1.44. The van der Waals surface area contributed by atoms with Gasteiger partial charge in [0, 0.05) is 0 Å². The van der Waals surface area contributed by atoms with Gasteiger partial charge in [0.05, 0.1) is 0 Å². The van der Waals surface area contributed by atoms with Crippen LogP contribution in [0.15, 0.2) is 47.6 Å². The number of allylic oxidation sites excluding steroid dienone is 8. The van der Waals surface area contributed by atoms with Crippen LogP contribution in [-0.4, -0.2) is 0 Å². The third kappa shape index (κ3) is 10.8. The van der Waals surface area contributed by atoms with E-state index in [-0.39, 0.29) is 0 Å². The molecule has 20 heavy (non-hydrogen) atoms. The number of hydrogen-bond donors (Lipinski definition) is 0. The zero-order chi connectivity index (χ0) is 15.2. The van der Waals surface area contributed by atoms with Crippen molar-refractivity contribution in [2.45, 2.75) is 73.1 Å². The van der Waals surface area contributed by atoms with Crippen molar-refractivity contribution in [3.63, 3.8) is 0 Å². The van der Waals surface area contributed by atoms with Crippen LogP contribution in [0.4, 0.5) is 0 Å². The SMILES string of the molecule is CC=CCCC=CCCC=CCCC(C)=C(C)[C](C)C. The molecule has 113 valence electrons. The maximum Gasteiger partial charge on any atom is -0.00566 e. The molecule has 0 saturated carbocycles. The molecule has 1 radical (unpaired) electrons. The second-order valence-corrected chi connectivity index (χ2v) is 5.61. The summed E-state index contributed by atoms with van der Waals surface area (Å²) < 4.78 is 0. The summed E-state index contributed by atoms with van der Waals surface area (Å²) >= 11 is 0. The van der Waals surface area contributed by atoms with Crippen LogP contribution < -0.4 is 0 Å². The van der Waals surface area contributed by atoms with Crippen LogP contribution in [-0.2, 0) is 0 Å². The van der Waals surface area contributed by atoms with E-state index in [9.17, 15) is 0 Å². The number of rotatable bonds is 10. The van der Waals surface area contributed by atoms with Gasteiger partial charge in [0.2, 0.25) is 0 Å². The molecule has 0 heterocycles. The van der Waals surface area contributed by atoms with Gasteiger partial charge in [-0.25, -0.2) is 0 Å². The highest BCUT2D eigenvalue weighted by Crippen LogP contribution is 2.19. The van der Waals surface area contributed by atoms with Crippen molar-refractivity contribution in [3.05, 3.63) is 53.5 Å². The Hall–Kier alpha value is -1.04. The van der Waals surface area contributed by atoms with Gasteiger partial charge in [0.15, 0.2) is 0 Å². The van der Waals surface area contributed by atoms with E-state index < -0.39 is 0 Å². The molecule has 0 aromatic heterocycles. The molecular weight excluding hydrogens is 240 g/mol. The lowest BCUT2D eigenvalue weighted by Gasteiger charge is -2.09. The molecule has 0 N–H and O–H groups in total. The molecule has 0 fully saturated rings. The van der Waals surface area contributed by atoms with Crippen molar-refractivity contribution in [3.8, 4) is 0 Å². The minimum absolute atomic E-state index is 1.17. The monoisotopic (exact) mass is 273 g/mol. The Labute approximate surface area is 127 Å². The van der Waals surface area contributed by atoms with Crippen molar-refractivity contribution in [2.75, 3.05) is 0 Å². The molecule has 0 aromatic rings. The molecule has 0 heteroatoms. The first-order chi connectivity index (χ1) is 9.59. The number of unbranched alkanes of at least 4 members (excludes halogenated alkanes) is 2. The molecule has 0 unspecified atom stereocenters. The zero-order valence-corrected chi connectivity index (χ0v) is 14.2. The Morgan fingerprint density at radius 1 is 0.650 bits per heavy atom. The summed E-state index contributed by atoms with van der Waals surface area (Å²) in [5, 5.41) is 0. The lowest BCUT2D eigenvalue weighted by molar-refractivity contribution is 0.924. The van der Waals surface area contributed by atoms with Crippen LogP contribution in [0.2, 0.25) is 0 Å². The van der Waals surface area contributed by atoms with Gasteiger partial charge in [-0.1, -0.05) is 61.4 Å². The number of hydrogen-bond acceptors (Lipinski definition) is 0. The predicted molar refractivity (Wildman–Crippen MR) is 93.8 cm³/mol. The average Bonchev–Trinajstić information content (AvgIpc) is 2.43. The van der Waals surface area contributed by atoms with Crippen molar-refractivity contribution in [1.82, 2.24) is 0 Å². The second-order valence-electron chi connectivity index (χ2n) is 5.61. The summed E-state index contributed by atoms with van der Waals surface area (Å²) in [4.78, 5) is 0. The van der Waals surface area contributed by atoms with Crippen LogP contribution in [0, 0.1) is 5.92 Å². The zero-order valence-electron chi connectivity index (χ0n) is 14.2. The lowest BCUT2D eigenvalue weighted by atomic mass is 9.97. The molecule has 0 atom stereocenters. The van der Waals surface area contributed by atoms with Gasteiger partial charge in [-0.05, 0) is 65.2 Å². The topological polar surface area (TPSA) is 0 Å². The third-order valence-electron chi connectivity index (χ3n) is 3.65. The Kier molecular flexibility index (Phi) is 12.3. The van der Waals surface area contributed by atoms with E-state index in [2.05, 4.69) is 71.1 Å². The third-order valence-corrected chi connectivity index (χ3v) is 3.65. The predicted octanol–water partition coefficient (Wildman–Crippen LogP) is 6.97. The molecule has 0 amide bonds. The van der Waals surface area contributed by atoms with E-state index in [0.29, 0.717) is 0 Å². The van der Waals surface area contributed by atoms with Crippen molar-refractivity contribution < 1.29 is 0 Å². The van der Waals surface area contributed by atoms with E-state index in [4.69, 9.17) is 0 Å². The van der Waals surface area contributed by atoms with Gasteiger partial charge in [0.25, 0.3) is 0 Å². The van der Waals surface area contributed by atoms with Gasteiger partial charge in [-0.15, -0.1) is 0 Å². The van der Waals surface area contributed by atoms with Crippen molar-refractivity contribution in [2.24, 2.45) is 0 Å². The highest BCUT2D eigenvalue weighted by Gasteiger charge is 2.00. The minimum atomic E-state index is 1.17. The molecule has 0 aromatic carbocycles. The fourth-order valence-corrected chi connectivity index (χ4v) is 1.94. The smallest absolute Gasteiger partial charge is 0.00566 e. The molecule has 0 aliphatic rings. The molecule has 0 aliphatic heterocycles. The maximum absolute atomic E-state index is 2.33. The fourth-order valence-electron chi connectivity index (χ4n) is 1.94. The summed E-state index contributed by atoms with van der Waals surface area (Å²) in [6.07, 6.45) is 20.6. The van der Waals surface area contributed by atoms with Gasteiger partial charge in [-0.2, -0.15) is 0 Å². The molecule has 0 nitrogen and oxygen atoms in total. The Balaban J connectivity index is 3.66. The standard InChI is InChI=1S/C20H33/c1-6-7-8-9-10-11-12-13-14-15-16-17-19(4)20(5)18(2)3/h6-7,10-11,14-15H,8-9,12-13,16-17H2,1-5H3. The van der Waals surface area contributed by atoms with E-state index in [0.717, 1.165) is 0 Å². The summed E-state index contributed by atoms with van der Waals surface area (Å²) in [5.41, 5.74) is 3.00. The lowest BCUT2D eigenvalue weighted by Crippen LogP contribution is -1.91. The molecule has 0 saturated heterocycles. The van der Waals surface area contributed by atoms with Crippen molar-refractivity contribution in [1.29, 1.82) is 0 Å². The minimum Gasteiger partial charge on any atom is -0.0917 e. The molecule has 0 bridgehead atoms. The molecule has 0 spiro atoms. The van der Waals surface area contributed by atoms with E-state index in [1.165, 1.54) is 55.6 Å². The van der Waals surface area contributed by atoms with Crippen LogP contribution in [0.1, 0.15) is 73.1 Å². The first-order valence-corrected chi connectivity index (χ1v) is 7.97. The van der Waals surface area contributed by atoms with Crippen LogP contribution in [0.25, 0.3) is 0 Å². The largest absolute Gasteiger partial charge is 0.0917 e. The van der Waals surface area contributed by atoms with Gasteiger partial charge < -0.3 is 0 Å². The van der Waals surface area contributed by atoms with Crippen LogP contribution >= 0.6 is 0 Å².